The zero-order valence-corrected chi connectivity index (χ0v) is 13.0. The monoisotopic (exact) mass is 299 g/mol. The fourth-order valence-electron chi connectivity index (χ4n) is 1.83. The molecule has 0 bridgehead atoms. The molecule has 0 spiro atoms. The Hall–Kier alpha value is -0.970. The fraction of sp³-hybridized carbons (Fsp3) is 0.600. The van der Waals surface area contributed by atoms with Gasteiger partial charge in [-0.2, -0.15) is 0 Å². The van der Waals surface area contributed by atoms with E-state index in [4.69, 9.17) is 25.8 Å². The van der Waals surface area contributed by atoms with Crippen molar-refractivity contribution in [1.82, 2.24) is 5.32 Å². The third-order valence-corrected chi connectivity index (χ3v) is 3.61. The second-order valence-corrected chi connectivity index (χ2v) is 5.53. The predicted octanol–water partition coefficient (Wildman–Crippen LogP) is 3.01. The summed E-state index contributed by atoms with van der Waals surface area (Å²) in [5.41, 5.74) is 1.10. The maximum absolute atomic E-state index is 6.30. The van der Waals surface area contributed by atoms with Crippen LogP contribution in [-0.2, 0) is 11.3 Å². The zero-order valence-electron chi connectivity index (χ0n) is 12.2. The molecule has 1 aliphatic rings. The molecule has 1 fully saturated rings. The van der Waals surface area contributed by atoms with Crippen molar-refractivity contribution in [1.29, 1.82) is 0 Å². The van der Waals surface area contributed by atoms with Crippen LogP contribution >= 0.6 is 11.6 Å². The van der Waals surface area contributed by atoms with Crippen LogP contribution in [0.5, 0.6) is 11.5 Å². The maximum atomic E-state index is 6.30. The van der Waals surface area contributed by atoms with Crippen LogP contribution in [0.1, 0.15) is 25.3 Å². The smallest absolute Gasteiger partial charge is 0.179 e. The summed E-state index contributed by atoms with van der Waals surface area (Å²) in [4.78, 5) is 0. The summed E-state index contributed by atoms with van der Waals surface area (Å²) in [6.07, 6.45) is 2.54. The predicted molar refractivity (Wildman–Crippen MR) is 79.8 cm³/mol. The van der Waals surface area contributed by atoms with Gasteiger partial charge in [-0.05, 0) is 37.5 Å². The summed E-state index contributed by atoms with van der Waals surface area (Å²) < 4.78 is 16.2. The molecule has 1 saturated carbocycles. The Kier molecular flexibility index (Phi) is 5.52. The first-order valence-electron chi connectivity index (χ1n) is 6.89. The van der Waals surface area contributed by atoms with Crippen LogP contribution in [0.25, 0.3) is 0 Å². The number of hydrogen-bond donors (Lipinski definition) is 1. The zero-order chi connectivity index (χ0) is 14.5. The molecule has 1 N–H and O–H groups in total. The molecule has 1 aromatic rings. The summed E-state index contributed by atoms with van der Waals surface area (Å²) in [7, 11) is 3.27. The summed E-state index contributed by atoms with van der Waals surface area (Å²) in [6.45, 7) is 3.18. The first-order valence-corrected chi connectivity index (χ1v) is 7.27. The fourth-order valence-corrected chi connectivity index (χ4v) is 2.12. The molecule has 0 aromatic heterocycles. The maximum Gasteiger partial charge on any atom is 0.179 e. The van der Waals surface area contributed by atoms with Crippen LogP contribution < -0.4 is 14.8 Å². The molecule has 1 aliphatic carbocycles. The lowest BCUT2D eigenvalue weighted by atomic mass is 10.2. The molecule has 0 aliphatic heterocycles. The summed E-state index contributed by atoms with van der Waals surface area (Å²) in [5.74, 6) is 1.24. The van der Waals surface area contributed by atoms with Gasteiger partial charge in [0.2, 0.25) is 0 Å². The van der Waals surface area contributed by atoms with Crippen molar-refractivity contribution in [2.75, 3.05) is 20.8 Å². The molecule has 0 heterocycles. The van der Waals surface area contributed by atoms with Gasteiger partial charge in [-0.15, -0.1) is 0 Å². The SMILES string of the molecule is COc1cc(CNC2CC2)cc(Cl)c1OCC(C)OC. The van der Waals surface area contributed by atoms with Gasteiger partial charge in [0.1, 0.15) is 6.61 Å². The van der Waals surface area contributed by atoms with Crippen LogP contribution in [0.4, 0.5) is 0 Å². The lowest BCUT2D eigenvalue weighted by Gasteiger charge is -2.16. The van der Waals surface area contributed by atoms with Gasteiger partial charge in [-0.25, -0.2) is 0 Å². The third kappa shape index (κ3) is 4.27. The van der Waals surface area contributed by atoms with E-state index >= 15 is 0 Å². The minimum atomic E-state index is 0.00647. The highest BCUT2D eigenvalue weighted by molar-refractivity contribution is 6.32. The molecule has 1 atom stereocenters. The summed E-state index contributed by atoms with van der Waals surface area (Å²) in [6, 6.07) is 4.55. The first kappa shape index (κ1) is 15.4. The molecule has 112 valence electrons. The summed E-state index contributed by atoms with van der Waals surface area (Å²) in [5, 5.41) is 4.02. The number of nitrogens with one attached hydrogen (secondary N) is 1. The molecule has 0 saturated heterocycles. The van der Waals surface area contributed by atoms with E-state index in [1.165, 1.54) is 12.8 Å². The normalized spacial score (nSPS) is 16.0. The largest absolute Gasteiger partial charge is 0.493 e. The van der Waals surface area contributed by atoms with Gasteiger partial charge < -0.3 is 19.5 Å². The standard InChI is InChI=1S/C15H22ClNO3/c1-10(18-2)9-20-15-13(16)6-11(7-14(15)19-3)8-17-12-4-5-12/h6-7,10,12,17H,4-5,8-9H2,1-3H3. The second-order valence-electron chi connectivity index (χ2n) is 5.12. The minimum absolute atomic E-state index is 0.00647. The molecule has 20 heavy (non-hydrogen) atoms. The lowest BCUT2D eigenvalue weighted by Crippen LogP contribution is -2.17. The second kappa shape index (κ2) is 7.16. The lowest BCUT2D eigenvalue weighted by molar-refractivity contribution is 0.0706. The number of benzene rings is 1. The van der Waals surface area contributed by atoms with Gasteiger partial charge in [-0.3, -0.25) is 0 Å². The molecule has 0 radical (unpaired) electrons. The number of ether oxygens (including phenoxy) is 3. The highest BCUT2D eigenvalue weighted by atomic mass is 35.5. The van der Waals surface area contributed by atoms with Gasteiger partial charge in [-0.1, -0.05) is 11.6 Å². The number of halogens is 1. The third-order valence-electron chi connectivity index (χ3n) is 3.33. The molecule has 1 unspecified atom stereocenters. The molecule has 2 rings (SSSR count). The van der Waals surface area contributed by atoms with Gasteiger partial charge in [0.05, 0.1) is 18.2 Å². The average Bonchev–Trinajstić information content (AvgIpc) is 3.27. The Morgan fingerprint density at radius 1 is 1.35 bits per heavy atom. The van der Waals surface area contributed by atoms with Crippen LogP contribution in [0.2, 0.25) is 5.02 Å². The van der Waals surface area contributed by atoms with Crippen molar-refractivity contribution < 1.29 is 14.2 Å². The highest BCUT2D eigenvalue weighted by Crippen LogP contribution is 2.36. The molecule has 0 amide bonds. The Morgan fingerprint density at radius 3 is 2.70 bits per heavy atom. The van der Waals surface area contributed by atoms with E-state index in [0.29, 0.717) is 29.2 Å². The molecular formula is C15H22ClNO3. The van der Waals surface area contributed by atoms with Gasteiger partial charge >= 0.3 is 0 Å². The molecule has 5 heteroatoms. The number of methoxy groups -OCH3 is 2. The Labute approximate surface area is 125 Å². The van der Waals surface area contributed by atoms with E-state index in [9.17, 15) is 0 Å². The Balaban J connectivity index is 2.05. The molecular weight excluding hydrogens is 278 g/mol. The topological polar surface area (TPSA) is 39.7 Å². The van der Waals surface area contributed by atoms with Crippen molar-refractivity contribution in [2.45, 2.75) is 38.5 Å². The first-order chi connectivity index (χ1) is 9.63. The van der Waals surface area contributed by atoms with Crippen molar-refractivity contribution in [3.63, 3.8) is 0 Å². The van der Waals surface area contributed by atoms with Gasteiger partial charge in [0.25, 0.3) is 0 Å². The van der Waals surface area contributed by atoms with Crippen molar-refractivity contribution in [3.8, 4) is 11.5 Å². The van der Waals surface area contributed by atoms with E-state index in [-0.39, 0.29) is 6.10 Å². The number of hydrogen-bond acceptors (Lipinski definition) is 4. The van der Waals surface area contributed by atoms with Crippen molar-refractivity contribution >= 4 is 11.6 Å². The highest BCUT2D eigenvalue weighted by Gasteiger charge is 2.20. The van der Waals surface area contributed by atoms with Gasteiger partial charge in [0, 0.05) is 19.7 Å². The van der Waals surface area contributed by atoms with Crippen LogP contribution in [0.3, 0.4) is 0 Å². The number of rotatable bonds is 8. The van der Waals surface area contributed by atoms with E-state index in [1.54, 1.807) is 14.2 Å². The van der Waals surface area contributed by atoms with E-state index in [1.807, 2.05) is 19.1 Å². The molecule has 4 nitrogen and oxygen atoms in total. The van der Waals surface area contributed by atoms with Gasteiger partial charge in [0.15, 0.2) is 11.5 Å². The Bertz CT molecular complexity index is 449. The van der Waals surface area contributed by atoms with Crippen LogP contribution in [-0.4, -0.2) is 33.0 Å². The van der Waals surface area contributed by atoms with Crippen molar-refractivity contribution in [2.24, 2.45) is 0 Å². The van der Waals surface area contributed by atoms with Crippen LogP contribution in [0, 0.1) is 0 Å². The summed E-state index contributed by atoms with van der Waals surface area (Å²) >= 11 is 6.30. The average molecular weight is 300 g/mol. The Morgan fingerprint density at radius 2 is 2.10 bits per heavy atom. The van der Waals surface area contributed by atoms with E-state index < -0.39 is 0 Å². The van der Waals surface area contributed by atoms with Crippen molar-refractivity contribution in [3.05, 3.63) is 22.7 Å². The molecule has 1 aromatic carbocycles. The van der Waals surface area contributed by atoms with E-state index in [2.05, 4.69) is 5.32 Å². The minimum Gasteiger partial charge on any atom is -0.493 e. The van der Waals surface area contributed by atoms with E-state index in [0.717, 1.165) is 12.1 Å². The van der Waals surface area contributed by atoms with Crippen LogP contribution in [0.15, 0.2) is 12.1 Å². The quantitative estimate of drug-likeness (QED) is 0.801.